The molecule has 2 rings (SSSR count). The molecular formula is C12H16ClN3O3S. The molecule has 0 spiro atoms. The molecule has 8 heteroatoms. The SMILES string of the molecule is NC(=O)C1CCCCN1S(=O)(=O)c1cc(Cl)ccc1N. The third-order valence-electron chi connectivity index (χ3n) is 3.34. The molecule has 4 N–H and O–H groups in total. The van der Waals surface area contributed by atoms with E-state index in [0.29, 0.717) is 12.8 Å². The van der Waals surface area contributed by atoms with E-state index < -0.39 is 22.0 Å². The highest BCUT2D eigenvalue weighted by Gasteiger charge is 2.37. The van der Waals surface area contributed by atoms with Crippen LogP contribution in [0.2, 0.25) is 5.02 Å². The molecule has 1 aliphatic heterocycles. The molecule has 1 fully saturated rings. The van der Waals surface area contributed by atoms with Crippen LogP contribution in [-0.2, 0) is 14.8 Å². The van der Waals surface area contributed by atoms with Crippen LogP contribution in [0.15, 0.2) is 23.1 Å². The van der Waals surface area contributed by atoms with Crippen LogP contribution >= 0.6 is 11.6 Å². The first-order valence-corrected chi connectivity index (χ1v) is 8.02. The quantitative estimate of drug-likeness (QED) is 0.809. The average Bonchev–Trinajstić information content (AvgIpc) is 2.41. The Bertz CT molecular complexity index is 633. The molecule has 0 aromatic heterocycles. The minimum atomic E-state index is -3.89. The van der Waals surface area contributed by atoms with Gasteiger partial charge < -0.3 is 11.5 Å². The molecular weight excluding hydrogens is 302 g/mol. The zero-order valence-electron chi connectivity index (χ0n) is 10.8. The largest absolute Gasteiger partial charge is 0.398 e. The number of piperidine rings is 1. The maximum absolute atomic E-state index is 12.7. The van der Waals surface area contributed by atoms with Crippen molar-refractivity contribution in [2.24, 2.45) is 5.73 Å². The Morgan fingerprint density at radius 2 is 2.05 bits per heavy atom. The van der Waals surface area contributed by atoms with Gasteiger partial charge >= 0.3 is 0 Å². The van der Waals surface area contributed by atoms with Gasteiger partial charge in [0.15, 0.2) is 0 Å². The highest BCUT2D eigenvalue weighted by molar-refractivity contribution is 7.89. The van der Waals surface area contributed by atoms with E-state index in [0.717, 1.165) is 10.7 Å². The summed E-state index contributed by atoms with van der Waals surface area (Å²) in [5.41, 5.74) is 11.1. The summed E-state index contributed by atoms with van der Waals surface area (Å²) in [5.74, 6) is -0.645. The van der Waals surface area contributed by atoms with Crippen molar-refractivity contribution < 1.29 is 13.2 Å². The summed E-state index contributed by atoms with van der Waals surface area (Å²) in [7, 11) is -3.89. The van der Waals surface area contributed by atoms with E-state index >= 15 is 0 Å². The van der Waals surface area contributed by atoms with Crippen LogP contribution < -0.4 is 11.5 Å². The highest BCUT2D eigenvalue weighted by Crippen LogP contribution is 2.30. The number of hydrogen-bond donors (Lipinski definition) is 2. The van der Waals surface area contributed by atoms with Crippen molar-refractivity contribution in [3.05, 3.63) is 23.2 Å². The summed E-state index contributed by atoms with van der Waals surface area (Å²) >= 11 is 5.83. The van der Waals surface area contributed by atoms with E-state index in [2.05, 4.69) is 0 Å². The monoisotopic (exact) mass is 317 g/mol. The van der Waals surface area contributed by atoms with Gasteiger partial charge in [0.25, 0.3) is 0 Å². The maximum Gasteiger partial charge on any atom is 0.245 e. The molecule has 6 nitrogen and oxygen atoms in total. The van der Waals surface area contributed by atoms with Gasteiger partial charge in [-0.05, 0) is 31.0 Å². The van der Waals surface area contributed by atoms with Crippen molar-refractivity contribution in [3.8, 4) is 0 Å². The predicted octanol–water partition coefficient (Wildman–Crippen LogP) is 0.951. The molecule has 1 atom stereocenters. The van der Waals surface area contributed by atoms with E-state index in [1.54, 1.807) is 0 Å². The van der Waals surface area contributed by atoms with Crippen LogP contribution in [0.25, 0.3) is 0 Å². The van der Waals surface area contributed by atoms with Gasteiger partial charge in [0, 0.05) is 11.6 Å². The van der Waals surface area contributed by atoms with Crippen LogP contribution in [0.4, 0.5) is 5.69 Å². The average molecular weight is 318 g/mol. The normalized spacial score (nSPS) is 20.8. The number of nitrogens with two attached hydrogens (primary N) is 2. The van der Waals surface area contributed by atoms with E-state index in [-0.39, 0.29) is 22.2 Å². The second-order valence-electron chi connectivity index (χ2n) is 4.71. The van der Waals surface area contributed by atoms with Crippen molar-refractivity contribution in [1.82, 2.24) is 4.31 Å². The number of nitrogen functional groups attached to an aromatic ring is 1. The summed E-state index contributed by atoms with van der Waals surface area (Å²) < 4.78 is 26.4. The van der Waals surface area contributed by atoms with Gasteiger partial charge in [-0.2, -0.15) is 4.31 Å². The van der Waals surface area contributed by atoms with Gasteiger partial charge in [0.2, 0.25) is 15.9 Å². The Morgan fingerprint density at radius 1 is 1.35 bits per heavy atom. The first-order chi connectivity index (χ1) is 9.34. The number of sulfonamides is 1. The van der Waals surface area contributed by atoms with E-state index in [1.807, 2.05) is 0 Å². The van der Waals surface area contributed by atoms with Gasteiger partial charge in [-0.3, -0.25) is 4.79 Å². The third kappa shape index (κ3) is 2.74. The number of carbonyl (C=O) groups excluding carboxylic acids is 1. The summed E-state index contributed by atoms with van der Waals surface area (Å²) in [5, 5.41) is 0.269. The van der Waals surface area contributed by atoms with Gasteiger partial charge in [-0.25, -0.2) is 8.42 Å². The minimum Gasteiger partial charge on any atom is -0.398 e. The van der Waals surface area contributed by atoms with Crippen LogP contribution in [-0.4, -0.2) is 31.2 Å². The Balaban J connectivity index is 2.47. The van der Waals surface area contributed by atoms with Gasteiger partial charge in [-0.15, -0.1) is 0 Å². The summed E-state index contributed by atoms with van der Waals surface area (Å²) in [4.78, 5) is 11.4. The minimum absolute atomic E-state index is 0.0850. The Kier molecular flexibility index (Phi) is 4.22. The number of hydrogen-bond acceptors (Lipinski definition) is 4. The zero-order chi connectivity index (χ0) is 14.9. The standard InChI is InChI=1S/C12H16ClN3O3S/c13-8-4-5-9(14)11(7-8)20(18,19)16-6-2-1-3-10(16)12(15)17/h4-5,7,10H,1-3,6,14H2,(H2,15,17). The smallest absolute Gasteiger partial charge is 0.245 e. The molecule has 110 valence electrons. The molecule has 1 aromatic carbocycles. The summed E-state index contributed by atoms with van der Waals surface area (Å²) in [6.45, 7) is 0.252. The molecule has 1 aromatic rings. The molecule has 1 unspecified atom stereocenters. The molecule has 1 aliphatic rings. The van der Waals surface area contributed by atoms with Crippen molar-refractivity contribution in [3.63, 3.8) is 0 Å². The number of primary amides is 1. The van der Waals surface area contributed by atoms with E-state index in [4.69, 9.17) is 23.1 Å². The van der Waals surface area contributed by atoms with E-state index in [9.17, 15) is 13.2 Å². The van der Waals surface area contributed by atoms with Crippen LogP contribution in [0.1, 0.15) is 19.3 Å². The lowest BCUT2D eigenvalue weighted by Crippen LogP contribution is -2.50. The fourth-order valence-corrected chi connectivity index (χ4v) is 4.38. The Hall–Kier alpha value is -1.31. The van der Waals surface area contributed by atoms with Crippen LogP contribution in [0.3, 0.4) is 0 Å². The zero-order valence-corrected chi connectivity index (χ0v) is 12.3. The third-order valence-corrected chi connectivity index (χ3v) is 5.54. The number of anilines is 1. The molecule has 20 heavy (non-hydrogen) atoms. The molecule has 1 heterocycles. The first-order valence-electron chi connectivity index (χ1n) is 6.20. The molecule has 1 saturated heterocycles. The highest BCUT2D eigenvalue weighted by atomic mass is 35.5. The topological polar surface area (TPSA) is 106 Å². The number of nitrogens with zero attached hydrogens (tertiary/aromatic N) is 1. The number of halogens is 1. The Morgan fingerprint density at radius 3 is 2.70 bits per heavy atom. The van der Waals surface area contributed by atoms with Crippen LogP contribution in [0, 0.1) is 0 Å². The van der Waals surface area contributed by atoms with Crippen molar-refractivity contribution in [2.75, 3.05) is 12.3 Å². The maximum atomic E-state index is 12.7. The summed E-state index contributed by atoms with van der Waals surface area (Å²) in [6.07, 6.45) is 1.88. The van der Waals surface area contributed by atoms with Gasteiger partial charge in [0.1, 0.15) is 10.9 Å². The number of amides is 1. The molecule has 0 radical (unpaired) electrons. The van der Waals surface area contributed by atoms with Crippen molar-refractivity contribution in [1.29, 1.82) is 0 Å². The number of carbonyl (C=O) groups is 1. The van der Waals surface area contributed by atoms with Crippen molar-refractivity contribution >= 4 is 33.2 Å². The number of benzene rings is 1. The van der Waals surface area contributed by atoms with E-state index in [1.165, 1.54) is 18.2 Å². The molecule has 0 saturated carbocycles. The lowest BCUT2D eigenvalue weighted by molar-refractivity contribution is -0.122. The second kappa shape index (κ2) is 5.59. The fraction of sp³-hybridized carbons (Fsp3) is 0.417. The molecule has 1 amide bonds. The van der Waals surface area contributed by atoms with Gasteiger partial charge in [0.05, 0.1) is 5.69 Å². The molecule has 0 bridgehead atoms. The first kappa shape index (κ1) is 15.1. The summed E-state index contributed by atoms with van der Waals surface area (Å²) in [6, 6.07) is 3.40. The fourth-order valence-electron chi connectivity index (χ4n) is 2.33. The second-order valence-corrected chi connectivity index (χ2v) is 7.01. The molecule has 0 aliphatic carbocycles. The lowest BCUT2D eigenvalue weighted by atomic mass is 10.0. The number of rotatable bonds is 3. The Labute approximate surface area is 122 Å². The van der Waals surface area contributed by atoms with Crippen LogP contribution in [0.5, 0.6) is 0 Å². The van der Waals surface area contributed by atoms with Crippen molar-refractivity contribution in [2.45, 2.75) is 30.2 Å². The predicted molar refractivity (Wildman–Crippen MR) is 76.6 cm³/mol. The van der Waals surface area contributed by atoms with Gasteiger partial charge in [-0.1, -0.05) is 18.0 Å². The lowest BCUT2D eigenvalue weighted by Gasteiger charge is -2.32.